The van der Waals surface area contributed by atoms with Crippen LogP contribution in [0, 0.1) is 10.5 Å². The van der Waals surface area contributed by atoms with Gasteiger partial charge in [-0.2, -0.15) is 5.01 Å². The van der Waals surface area contributed by atoms with Crippen LogP contribution in [-0.4, -0.2) is 47.4 Å². The molecule has 184 valence electrons. The fourth-order valence-corrected chi connectivity index (χ4v) is 4.14. The molecule has 0 saturated heterocycles. The van der Waals surface area contributed by atoms with Gasteiger partial charge < -0.3 is 19.1 Å². The fourth-order valence-electron chi connectivity index (χ4n) is 3.49. The number of ether oxygens (including phenoxy) is 3. The van der Waals surface area contributed by atoms with Crippen molar-refractivity contribution in [1.29, 1.82) is 0 Å². The van der Waals surface area contributed by atoms with Gasteiger partial charge >= 0.3 is 11.9 Å². The van der Waals surface area contributed by atoms with E-state index in [0.717, 1.165) is 14.1 Å². The Morgan fingerprint density at radius 2 is 1.71 bits per heavy atom. The minimum Gasteiger partial charge on any atom is -0.448 e. The number of hydrogen-bond donors (Lipinski definition) is 0. The molecule has 1 aliphatic rings. The number of carbonyl (C=O) groups is 4. The summed E-state index contributed by atoms with van der Waals surface area (Å²) < 4.78 is 17.3. The summed E-state index contributed by atoms with van der Waals surface area (Å²) in [5.41, 5.74) is 1.84. The number of anilines is 1. The van der Waals surface area contributed by atoms with E-state index in [4.69, 9.17) is 14.2 Å². The molecule has 2 aromatic carbocycles. The standard InChI is InChI=1S/C24H24IN3O7/c1-13-10-18(25)6-9-21(13)27(14(2)29)12-23-28(15(3)30)26-24(35-23)20-8-7-19(33-16(4)31)11-22(20)34-17(5)32/h6-11,23H,12H2,1-5H3. The Labute approximate surface area is 215 Å². The fraction of sp³-hybridized carbons (Fsp3) is 0.292. The second-order valence-electron chi connectivity index (χ2n) is 7.75. The van der Waals surface area contributed by atoms with E-state index >= 15 is 0 Å². The molecule has 35 heavy (non-hydrogen) atoms. The summed E-state index contributed by atoms with van der Waals surface area (Å²) in [5, 5.41) is 5.41. The van der Waals surface area contributed by atoms with Crippen LogP contribution in [0.25, 0.3) is 0 Å². The maximum Gasteiger partial charge on any atom is 0.308 e. The number of rotatable bonds is 6. The van der Waals surface area contributed by atoms with Gasteiger partial charge in [0.1, 0.15) is 11.5 Å². The lowest BCUT2D eigenvalue weighted by Crippen LogP contribution is -2.44. The second-order valence-corrected chi connectivity index (χ2v) is 8.99. The van der Waals surface area contributed by atoms with Crippen molar-refractivity contribution < 1.29 is 33.4 Å². The molecule has 2 aromatic rings. The Morgan fingerprint density at radius 3 is 2.29 bits per heavy atom. The number of benzene rings is 2. The molecule has 1 atom stereocenters. The Kier molecular flexibility index (Phi) is 8.10. The van der Waals surface area contributed by atoms with Gasteiger partial charge in [0.15, 0.2) is 0 Å². The number of hydrogen-bond acceptors (Lipinski definition) is 8. The van der Waals surface area contributed by atoms with Crippen LogP contribution in [0.1, 0.15) is 38.8 Å². The molecule has 11 heteroatoms. The van der Waals surface area contributed by atoms with Crippen molar-refractivity contribution in [3.05, 3.63) is 51.1 Å². The molecule has 10 nitrogen and oxygen atoms in total. The maximum atomic E-state index is 12.5. The number of hydrazone groups is 1. The molecule has 0 radical (unpaired) electrons. The van der Waals surface area contributed by atoms with Gasteiger partial charge in [0.25, 0.3) is 0 Å². The van der Waals surface area contributed by atoms with E-state index in [9.17, 15) is 19.2 Å². The van der Waals surface area contributed by atoms with Crippen molar-refractivity contribution >= 4 is 57.9 Å². The highest BCUT2D eigenvalue weighted by molar-refractivity contribution is 14.1. The molecule has 0 bridgehead atoms. The average molecular weight is 593 g/mol. The zero-order valence-corrected chi connectivity index (χ0v) is 22.0. The highest BCUT2D eigenvalue weighted by Gasteiger charge is 2.35. The van der Waals surface area contributed by atoms with Gasteiger partial charge in [-0.15, -0.1) is 5.10 Å². The molecule has 0 spiro atoms. The molecule has 2 amide bonds. The Bertz CT molecular complexity index is 1230. The first-order valence-corrected chi connectivity index (χ1v) is 11.6. The number of amides is 2. The van der Waals surface area contributed by atoms with Crippen molar-refractivity contribution in [2.45, 2.75) is 40.8 Å². The molecular formula is C24H24IN3O7. The van der Waals surface area contributed by atoms with E-state index in [1.54, 1.807) is 0 Å². The molecule has 0 N–H and O–H groups in total. The second kappa shape index (κ2) is 10.8. The third-order valence-corrected chi connectivity index (χ3v) is 5.58. The highest BCUT2D eigenvalue weighted by atomic mass is 127. The van der Waals surface area contributed by atoms with Crippen molar-refractivity contribution in [2.24, 2.45) is 5.10 Å². The van der Waals surface area contributed by atoms with Crippen LogP contribution in [-0.2, 0) is 23.9 Å². The first-order chi connectivity index (χ1) is 16.5. The van der Waals surface area contributed by atoms with E-state index in [1.807, 2.05) is 25.1 Å². The third kappa shape index (κ3) is 6.35. The number of halogens is 1. The van der Waals surface area contributed by atoms with Gasteiger partial charge in [-0.1, -0.05) is 0 Å². The van der Waals surface area contributed by atoms with Crippen LogP contribution in [0.3, 0.4) is 0 Å². The van der Waals surface area contributed by atoms with Crippen molar-refractivity contribution in [3.63, 3.8) is 0 Å². The zero-order chi connectivity index (χ0) is 25.9. The van der Waals surface area contributed by atoms with Gasteiger partial charge in [0.2, 0.25) is 23.9 Å². The molecule has 3 rings (SSSR count). The smallest absolute Gasteiger partial charge is 0.308 e. The Morgan fingerprint density at radius 1 is 1.03 bits per heavy atom. The minimum atomic E-state index is -0.927. The monoisotopic (exact) mass is 593 g/mol. The number of esters is 2. The van der Waals surface area contributed by atoms with Crippen molar-refractivity contribution in [3.8, 4) is 11.5 Å². The molecule has 0 aromatic heterocycles. The highest BCUT2D eigenvalue weighted by Crippen LogP contribution is 2.31. The lowest BCUT2D eigenvalue weighted by Gasteiger charge is -2.28. The maximum absolute atomic E-state index is 12.5. The summed E-state index contributed by atoms with van der Waals surface area (Å²) in [6, 6.07) is 10.0. The van der Waals surface area contributed by atoms with Crippen LogP contribution >= 0.6 is 22.6 Å². The number of nitrogens with zero attached hydrogens (tertiary/aromatic N) is 3. The molecular weight excluding hydrogens is 569 g/mol. The molecule has 1 unspecified atom stereocenters. The van der Waals surface area contributed by atoms with E-state index in [0.29, 0.717) is 5.69 Å². The summed E-state index contributed by atoms with van der Waals surface area (Å²) >= 11 is 2.19. The van der Waals surface area contributed by atoms with E-state index in [-0.39, 0.29) is 35.4 Å². The first kappa shape index (κ1) is 26.1. The molecule has 0 aliphatic carbocycles. The number of carbonyl (C=O) groups excluding carboxylic acids is 4. The zero-order valence-electron chi connectivity index (χ0n) is 19.8. The first-order valence-electron chi connectivity index (χ1n) is 10.6. The molecule has 1 aliphatic heterocycles. The third-order valence-electron chi connectivity index (χ3n) is 4.91. The normalized spacial score (nSPS) is 14.6. The molecule has 0 saturated carbocycles. The van der Waals surface area contributed by atoms with Crippen LogP contribution in [0.15, 0.2) is 41.5 Å². The lowest BCUT2D eigenvalue weighted by molar-refractivity contribution is -0.135. The lowest BCUT2D eigenvalue weighted by atomic mass is 10.1. The molecule has 0 fully saturated rings. The van der Waals surface area contributed by atoms with Crippen LogP contribution < -0.4 is 14.4 Å². The largest absolute Gasteiger partial charge is 0.448 e. The topological polar surface area (TPSA) is 115 Å². The number of aryl methyl sites for hydroxylation is 1. The Balaban J connectivity index is 1.95. The van der Waals surface area contributed by atoms with E-state index in [1.165, 1.54) is 50.8 Å². The summed E-state index contributed by atoms with van der Waals surface area (Å²) in [4.78, 5) is 49.4. The molecule has 1 heterocycles. The van der Waals surface area contributed by atoms with E-state index < -0.39 is 24.1 Å². The van der Waals surface area contributed by atoms with Gasteiger partial charge in [-0.25, -0.2) is 0 Å². The van der Waals surface area contributed by atoms with Crippen LogP contribution in [0.5, 0.6) is 11.5 Å². The van der Waals surface area contributed by atoms with Gasteiger partial charge in [-0.3, -0.25) is 19.2 Å². The summed E-state index contributed by atoms with van der Waals surface area (Å²) in [6.45, 7) is 7.13. The predicted molar refractivity (Wildman–Crippen MR) is 135 cm³/mol. The van der Waals surface area contributed by atoms with Crippen LogP contribution in [0.4, 0.5) is 5.69 Å². The average Bonchev–Trinajstić information content (AvgIpc) is 3.15. The predicted octanol–water partition coefficient (Wildman–Crippen LogP) is 3.37. The minimum absolute atomic E-state index is 0.0117. The van der Waals surface area contributed by atoms with Crippen LogP contribution in [0.2, 0.25) is 0 Å². The Hall–Kier alpha value is -3.48. The van der Waals surface area contributed by atoms with Gasteiger partial charge in [0, 0.05) is 43.0 Å². The van der Waals surface area contributed by atoms with Crippen molar-refractivity contribution in [2.75, 3.05) is 11.4 Å². The SMILES string of the molecule is CC(=O)Oc1ccc(C2=NN(C(C)=O)C(CN(C(C)=O)c3ccc(I)cc3C)O2)c(OC(C)=O)c1. The summed E-state index contributed by atoms with van der Waals surface area (Å²) in [6.07, 6.45) is -0.927. The van der Waals surface area contributed by atoms with E-state index in [2.05, 4.69) is 27.7 Å². The summed E-state index contributed by atoms with van der Waals surface area (Å²) in [5.74, 6) is -1.58. The quantitative estimate of drug-likeness (QED) is 0.287. The van der Waals surface area contributed by atoms with Gasteiger partial charge in [0.05, 0.1) is 12.1 Å². The van der Waals surface area contributed by atoms with Crippen molar-refractivity contribution in [1.82, 2.24) is 5.01 Å². The summed E-state index contributed by atoms with van der Waals surface area (Å²) in [7, 11) is 0. The van der Waals surface area contributed by atoms with Gasteiger partial charge in [-0.05, 0) is 65.4 Å².